The summed E-state index contributed by atoms with van der Waals surface area (Å²) in [5.74, 6) is -0.983. The summed E-state index contributed by atoms with van der Waals surface area (Å²) >= 11 is 0. The second-order valence-corrected chi connectivity index (χ2v) is 7.18. The fourth-order valence-electron chi connectivity index (χ4n) is 3.46. The van der Waals surface area contributed by atoms with Crippen molar-refractivity contribution in [3.05, 3.63) is 0 Å². The first kappa shape index (κ1) is 21.9. The second-order valence-electron chi connectivity index (χ2n) is 7.18. The molecule has 1 atom stereocenters. The van der Waals surface area contributed by atoms with Crippen molar-refractivity contribution in [3.63, 3.8) is 0 Å². The van der Waals surface area contributed by atoms with Crippen LogP contribution in [0, 0.1) is 0 Å². The van der Waals surface area contributed by atoms with Crippen LogP contribution in [0.4, 0.5) is 0 Å². The molecule has 0 bridgehead atoms. The van der Waals surface area contributed by atoms with Crippen LogP contribution in [0.25, 0.3) is 0 Å². The molecule has 1 aliphatic rings. The predicted molar refractivity (Wildman–Crippen MR) is 99.7 cm³/mol. The molecule has 0 aromatic rings. The molecule has 1 unspecified atom stereocenters. The average molecular weight is 356 g/mol. The zero-order valence-electron chi connectivity index (χ0n) is 16.0. The lowest BCUT2D eigenvalue weighted by molar-refractivity contribution is -0.146. The Morgan fingerprint density at radius 2 is 1.60 bits per heavy atom. The van der Waals surface area contributed by atoms with Gasteiger partial charge < -0.3 is 9.84 Å². The SMILES string of the molecule is CCCCCCCCCCCCOC(=O)CCN1CCCC1C(=O)O. The van der Waals surface area contributed by atoms with E-state index in [1.807, 2.05) is 4.90 Å². The molecule has 1 aliphatic heterocycles. The number of esters is 1. The molecule has 0 radical (unpaired) electrons. The number of nitrogens with zero attached hydrogens (tertiary/aromatic N) is 1. The minimum Gasteiger partial charge on any atom is -0.480 e. The van der Waals surface area contributed by atoms with Crippen LogP contribution in [0.15, 0.2) is 0 Å². The van der Waals surface area contributed by atoms with Crippen molar-refractivity contribution in [3.8, 4) is 0 Å². The fraction of sp³-hybridized carbons (Fsp3) is 0.900. The monoisotopic (exact) mass is 355 g/mol. The second kappa shape index (κ2) is 14.1. The quantitative estimate of drug-likeness (QED) is 0.348. The highest BCUT2D eigenvalue weighted by Gasteiger charge is 2.30. The van der Waals surface area contributed by atoms with E-state index in [0.717, 1.165) is 25.8 Å². The van der Waals surface area contributed by atoms with Crippen LogP contribution in [-0.4, -0.2) is 47.7 Å². The largest absolute Gasteiger partial charge is 0.480 e. The number of rotatable bonds is 15. The van der Waals surface area contributed by atoms with Gasteiger partial charge in [-0.05, 0) is 25.8 Å². The highest BCUT2D eigenvalue weighted by molar-refractivity contribution is 5.74. The number of likely N-dealkylation sites (tertiary alicyclic amines) is 1. The number of hydrogen-bond donors (Lipinski definition) is 1. The highest BCUT2D eigenvalue weighted by Crippen LogP contribution is 2.17. The van der Waals surface area contributed by atoms with Crippen molar-refractivity contribution in [2.75, 3.05) is 19.7 Å². The molecule has 0 amide bonds. The Bertz CT molecular complexity index is 373. The minimum absolute atomic E-state index is 0.202. The van der Waals surface area contributed by atoms with Gasteiger partial charge in [0.25, 0.3) is 0 Å². The van der Waals surface area contributed by atoms with E-state index >= 15 is 0 Å². The molecule has 1 fully saturated rings. The zero-order valence-corrected chi connectivity index (χ0v) is 16.0. The summed E-state index contributed by atoms with van der Waals surface area (Å²) in [5, 5.41) is 9.11. The maximum Gasteiger partial charge on any atom is 0.320 e. The van der Waals surface area contributed by atoms with E-state index in [1.54, 1.807) is 0 Å². The standard InChI is InChI=1S/C20H37NO4/c1-2-3-4-5-6-7-8-9-10-11-17-25-19(22)14-16-21-15-12-13-18(21)20(23)24/h18H,2-17H2,1H3,(H,23,24). The van der Waals surface area contributed by atoms with E-state index in [-0.39, 0.29) is 5.97 Å². The lowest BCUT2D eigenvalue weighted by atomic mass is 10.1. The normalized spacial score (nSPS) is 17.7. The van der Waals surface area contributed by atoms with Crippen LogP contribution in [0.2, 0.25) is 0 Å². The third-order valence-electron chi connectivity index (χ3n) is 5.01. The Kier molecular flexibility index (Phi) is 12.4. The molecule has 0 aromatic carbocycles. The van der Waals surface area contributed by atoms with Gasteiger partial charge in [-0.25, -0.2) is 0 Å². The molecular formula is C20H37NO4. The number of carbonyl (C=O) groups is 2. The first-order valence-corrected chi connectivity index (χ1v) is 10.3. The van der Waals surface area contributed by atoms with E-state index in [1.165, 1.54) is 51.4 Å². The fourth-order valence-corrected chi connectivity index (χ4v) is 3.46. The molecular weight excluding hydrogens is 318 g/mol. The summed E-state index contributed by atoms with van der Waals surface area (Å²) < 4.78 is 5.26. The third kappa shape index (κ3) is 10.5. The van der Waals surface area contributed by atoms with Crippen LogP contribution in [0.5, 0.6) is 0 Å². The van der Waals surface area contributed by atoms with Crippen molar-refractivity contribution in [1.82, 2.24) is 4.90 Å². The molecule has 0 aromatic heterocycles. The molecule has 5 heteroatoms. The van der Waals surface area contributed by atoms with Crippen molar-refractivity contribution in [2.45, 2.75) is 96.4 Å². The summed E-state index contributed by atoms with van der Waals surface area (Å²) in [4.78, 5) is 24.7. The Morgan fingerprint density at radius 1 is 1.00 bits per heavy atom. The van der Waals surface area contributed by atoms with E-state index < -0.39 is 12.0 Å². The molecule has 1 N–H and O–H groups in total. The van der Waals surface area contributed by atoms with Gasteiger partial charge in [0, 0.05) is 6.54 Å². The Balaban J connectivity index is 1.90. The predicted octanol–water partition coefficient (Wildman–Crippen LogP) is 4.39. The number of ether oxygens (including phenoxy) is 1. The maximum atomic E-state index is 11.7. The third-order valence-corrected chi connectivity index (χ3v) is 5.01. The summed E-state index contributed by atoms with van der Waals surface area (Å²) in [6.45, 7) is 4.00. The van der Waals surface area contributed by atoms with Gasteiger partial charge in [-0.1, -0.05) is 64.7 Å². The van der Waals surface area contributed by atoms with E-state index in [0.29, 0.717) is 26.0 Å². The van der Waals surface area contributed by atoms with Gasteiger partial charge in [0.15, 0.2) is 0 Å². The van der Waals surface area contributed by atoms with Gasteiger partial charge in [-0.15, -0.1) is 0 Å². The van der Waals surface area contributed by atoms with Crippen molar-refractivity contribution in [1.29, 1.82) is 0 Å². The van der Waals surface area contributed by atoms with Gasteiger partial charge in [0.05, 0.1) is 13.0 Å². The topological polar surface area (TPSA) is 66.8 Å². The molecule has 1 saturated heterocycles. The molecule has 1 heterocycles. The molecule has 146 valence electrons. The van der Waals surface area contributed by atoms with E-state index in [2.05, 4.69) is 6.92 Å². The van der Waals surface area contributed by atoms with Crippen molar-refractivity contribution >= 4 is 11.9 Å². The Morgan fingerprint density at radius 3 is 2.20 bits per heavy atom. The molecule has 25 heavy (non-hydrogen) atoms. The number of carboxylic acids is 1. The first-order chi connectivity index (χ1) is 12.1. The number of aliphatic carboxylic acids is 1. The molecule has 0 spiro atoms. The molecule has 0 aliphatic carbocycles. The van der Waals surface area contributed by atoms with Crippen molar-refractivity contribution in [2.24, 2.45) is 0 Å². The Labute approximate surface area is 153 Å². The van der Waals surface area contributed by atoms with Crippen LogP contribution in [-0.2, 0) is 14.3 Å². The van der Waals surface area contributed by atoms with Gasteiger partial charge in [-0.3, -0.25) is 14.5 Å². The first-order valence-electron chi connectivity index (χ1n) is 10.3. The Hall–Kier alpha value is -1.10. The summed E-state index contributed by atoms with van der Waals surface area (Å²) in [6.07, 6.45) is 14.5. The summed E-state index contributed by atoms with van der Waals surface area (Å²) in [6, 6.07) is -0.422. The van der Waals surface area contributed by atoms with Gasteiger partial charge in [-0.2, -0.15) is 0 Å². The number of carboxylic acid groups (broad SMARTS) is 1. The number of unbranched alkanes of at least 4 members (excludes halogenated alkanes) is 9. The lowest BCUT2D eigenvalue weighted by Crippen LogP contribution is -2.37. The zero-order chi connectivity index (χ0) is 18.3. The average Bonchev–Trinajstić information content (AvgIpc) is 3.06. The number of hydrogen-bond acceptors (Lipinski definition) is 4. The summed E-state index contributed by atoms with van der Waals surface area (Å²) in [5.41, 5.74) is 0. The van der Waals surface area contributed by atoms with Crippen molar-refractivity contribution < 1.29 is 19.4 Å². The van der Waals surface area contributed by atoms with Crippen LogP contribution < -0.4 is 0 Å². The highest BCUT2D eigenvalue weighted by atomic mass is 16.5. The van der Waals surface area contributed by atoms with Gasteiger partial charge in [0.2, 0.25) is 0 Å². The van der Waals surface area contributed by atoms with Gasteiger partial charge in [0.1, 0.15) is 6.04 Å². The molecule has 5 nitrogen and oxygen atoms in total. The lowest BCUT2D eigenvalue weighted by Gasteiger charge is -2.20. The molecule has 1 rings (SSSR count). The van der Waals surface area contributed by atoms with Crippen LogP contribution >= 0.6 is 0 Å². The number of carbonyl (C=O) groups excluding carboxylic acids is 1. The van der Waals surface area contributed by atoms with E-state index in [4.69, 9.17) is 9.84 Å². The smallest absolute Gasteiger partial charge is 0.320 e. The molecule has 0 saturated carbocycles. The van der Waals surface area contributed by atoms with Crippen LogP contribution in [0.3, 0.4) is 0 Å². The minimum atomic E-state index is -0.781. The maximum absolute atomic E-state index is 11.7. The van der Waals surface area contributed by atoms with Gasteiger partial charge >= 0.3 is 11.9 Å². The van der Waals surface area contributed by atoms with E-state index in [9.17, 15) is 9.59 Å². The summed E-state index contributed by atoms with van der Waals surface area (Å²) in [7, 11) is 0. The van der Waals surface area contributed by atoms with Crippen LogP contribution in [0.1, 0.15) is 90.4 Å².